The molecule has 0 bridgehead atoms. The lowest BCUT2D eigenvalue weighted by molar-refractivity contribution is -0.870. The number of rotatable bonds is 19. The van der Waals surface area contributed by atoms with Gasteiger partial charge in [-0.1, -0.05) is 34.1 Å². The zero-order chi connectivity index (χ0) is 29.1. The fourth-order valence-corrected chi connectivity index (χ4v) is 4.54. The van der Waals surface area contributed by atoms with E-state index in [1.165, 1.54) is 13.8 Å². The number of quaternary nitrogens is 1. The maximum absolute atomic E-state index is 13.1. The van der Waals surface area contributed by atoms with E-state index in [0.29, 0.717) is 17.4 Å². The van der Waals surface area contributed by atoms with Gasteiger partial charge in [-0.05, 0) is 39.5 Å². The number of carboxylic acids is 1. The molecule has 12 heteroatoms. The molecule has 0 heterocycles. The van der Waals surface area contributed by atoms with Crippen molar-refractivity contribution in [2.45, 2.75) is 73.6 Å². The molecule has 0 aromatic heterocycles. The van der Waals surface area contributed by atoms with Crippen molar-refractivity contribution in [2.75, 3.05) is 54.1 Å². The number of ether oxygens (including phenoxy) is 2. The van der Waals surface area contributed by atoms with Crippen LogP contribution in [0.5, 0.6) is 0 Å². The molecule has 0 N–H and O–H groups in total. The molecule has 3 atom stereocenters. The van der Waals surface area contributed by atoms with Crippen LogP contribution in [0.1, 0.15) is 73.6 Å². The smallest absolute Gasteiger partial charge is 0.311 e. The average molecular weight is 553 g/mol. The second-order valence-electron chi connectivity index (χ2n) is 11.8. The molecule has 11 nitrogen and oxygen atoms in total. The van der Waals surface area contributed by atoms with Gasteiger partial charge < -0.3 is 37.8 Å². The number of aliphatic carboxylic acids is 1. The van der Waals surface area contributed by atoms with Crippen LogP contribution < -0.4 is 10.00 Å². The minimum atomic E-state index is -4.55. The number of esters is 2. The van der Waals surface area contributed by atoms with Crippen LogP contribution in [0.4, 0.5) is 0 Å². The summed E-state index contributed by atoms with van der Waals surface area (Å²) in [6.45, 7) is 9.64. The lowest BCUT2D eigenvalue weighted by Gasteiger charge is -2.40. The molecule has 0 rings (SSSR count). The van der Waals surface area contributed by atoms with E-state index in [1.54, 1.807) is 20.8 Å². The minimum Gasteiger partial charge on any atom is -0.756 e. The van der Waals surface area contributed by atoms with E-state index in [9.17, 15) is 28.9 Å². The molecule has 0 saturated heterocycles. The number of phosphoric acid groups is 1. The fourth-order valence-electron chi connectivity index (χ4n) is 3.86. The normalized spacial score (nSPS) is 17.2. The number of carbonyl (C=O) groups is 3. The molecule has 0 aliphatic rings. The van der Waals surface area contributed by atoms with Gasteiger partial charge in [0, 0.05) is 11.4 Å². The number of carbonyl (C=O) groups excluding carboxylic acids is 3. The van der Waals surface area contributed by atoms with Crippen molar-refractivity contribution in [3.63, 3.8) is 0 Å². The van der Waals surface area contributed by atoms with E-state index in [2.05, 4.69) is 0 Å². The lowest BCUT2D eigenvalue weighted by atomic mass is 9.65. The van der Waals surface area contributed by atoms with Crippen LogP contribution in [-0.2, 0) is 37.5 Å². The second kappa shape index (κ2) is 14.6. The van der Waals surface area contributed by atoms with Crippen LogP contribution in [0, 0.1) is 16.2 Å². The van der Waals surface area contributed by atoms with E-state index in [0.717, 1.165) is 6.42 Å². The summed E-state index contributed by atoms with van der Waals surface area (Å²) < 4.78 is 32.7. The van der Waals surface area contributed by atoms with Crippen LogP contribution in [0.15, 0.2) is 0 Å². The highest BCUT2D eigenvalue weighted by Gasteiger charge is 2.48. The highest BCUT2D eigenvalue weighted by atomic mass is 31.2. The fraction of sp³-hybridized carbons (Fsp3) is 0.880. The Balaban J connectivity index is 5.33. The van der Waals surface area contributed by atoms with Crippen LogP contribution in [0.2, 0.25) is 0 Å². The molecule has 0 spiro atoms. The molecule has 0 saturated carbocycles. The number of hydrogen-bond acceptors (Lipinski definition) is 10. The largest absolute Gasteiger partial charge is 0.756 e. The zero-order valence-electron chi connectivity index (χ0n) is 24.0. The Morgan fingerprint density at radius 3 is 1.81 bits per heavy atom. The SMILES string of the molecule is CCCCOC(=O)C(C)(CC(C)(C)C(=O)[O-])CC(C)(CC)C(=O)OCCOP(=O)([O-])OCC[N+](C)(C)C. The van der Waals surface area contributed by atoms with Gasteiger partial charge in [0.05, 0.1) is 45.2 Å². The summed E-state index contributed by atoms with van der Waals surface area (Å²) in [7, 11) is 1.11. The maximum Gasteiger partial charge on any atom is 0.311 e. The zero-order valence-corrected chi connectivity index (χ0v) is 24.9. The Morgan fingerprint density at radius 1 is 0.811 bits per heavy atom. The summed E-state index contributed by atoms with van der Waals surface area (Å²) in [6, 6.07) is 0. The quantitative estimate of drug-likeness (QED) is 0.101. The van der Waals surface area contributed by atoms with E-state index in [-0.39, 0.29) is 39.1 Å². The number of likely N-dealkylation sites (N-methyl/N-ethyl adjacent to an activating group) is 1. The molecule has 0 aromatic carbocycles. The molecule has 3 unspecified atom stereocenters. The highest BCUT2D eigenvalue weighted by Crippen LogP contribution is 2.45. The summed E-state index contributed by atoms with van der Waals surface area (Å²) in [6.07, 6.45) is 1.61. The third-order valence-corrected chi connectivity index (χ3v) is 7.24. The molecule has 37 heavy (non-hydrogen) atoms. The first kappa shape index (κ1) is 35.5. The minimum absolute atomic E-state index is 0.0356. The second-order valence-corrected chi connectivity index (χ2v) is 13.2. The van der Waals surface area contributed by atoms with Crippen molar-refractivity contribution in [3.05, 3.63) is 0 Å². The number of hydrogen-bond donors (Lipinski definition) is 0. The van der Waals surface area contributed by atoms with Gasteiger partial charge >= 0.3 is 11.9 Å². The van der Waals surface area contributed by atoms with Gasteiger partial charge in [-0.3, -0.25) is 14.2 Å². The standard InChI is InChI=1S/C25H48NO10P/c1-10-12-14-33-22(30)25(6,18-23(3,4)20(27)28)19-24(5,11-2)21(29)34-16-17-36-37(31,32)35-15-13-26(7,8)9/h10-19H2,1-9H3,(H-,27,28,31,32)/p-1. The van der Waals surface area contributed by atoms with Crippen molar-refractivity contribution in [2.24, 2.45) is 16.2 Å². The van der Waals surface area contributed by atoms with E-state index < -0.39 is 48.6 Å². The predicted molar refractivity (Wildman–Crippen MR) is 134 cm³/mol. The molecule has 0 amide bonds. The Morgan fingerprint density at radius 2 is 1.32 bits per heavy atom. The van der Waals surface area contributed by atoms with Crippen molar-refractivity contribution in [3.8, 4) is 0 Å². The third-order valence-electron chi connectivity index (χ3n) is 6.24. The van der Waals surface area contributed by atoms with Crippen LogP contribution in [-0.4, -0.2) is 76.5 Å². The van der Waals surface area contributed by atoms with Crippen molar-refractivity contribution >= 4 is 25.7 Å². The van der Waals surface area contributed by atoms with Crippen molar-refractivity contribution < 1.29 is 52.0 Å². The molecule has 0 aliphatic heterocycles. The first-order valence-electron chi connectivity index (χ1n) is 12.7. The topological polar surface area (TPSA) is 151 Å². The van der Waals surface area contributed by atoms with Gasteiger partial charge in [0.25, 0.3) is 7.82 Å². The molecule has 0 aliphatic carbocycles. The van der Waals surface area contributed by atoms with Gasteiger partial charge in [-0.15, -0.1) is 0 Å². The first-order chi connectivity index (χ1) is 16.7. The summed E-state index contributed by atoms with van der Waals surface area (Å²) in [5.41, 5.74) is -3.85. The number of carboxylic acid groups (broad SMARTS) is 1. The maximum atomic E-state index is 13.1. The first-order valence-corrected chi connectivity index (χ1v) is 14.2. The molecular formula is C25H47NO10P-. The van der Waals surface area contributed by atoms with Crippen molar-refractivity contribution in [1.82, 2.24) is 0 Å². The van der Waals surface area contributed by atoms with E-state index >= 15 is 0 Å². The van der Waals surface area contributed by atoms with Crippen LogP contribution >= 0.6 is 7.82 Å². The highest BCUT2D eigenvalue weighted by molar-refractivity contribution is 7.45. The Kier molecular flexibility index (Phi) is 14.0. The lowest BCUT2D eigenvalue weighted by Crippen LogP contribution is -2.47. The number of nitrogens with zero attached hydrogens (tertiary/aromatic N) is 1. The monoisotopic (exact) mass is 552 g/mol. The Labute approximate surface area is 222 Å². The molecular weight excluding hydrogens is 505 g/mol. The van der Waals surface area contributed by atoms with Gasteiger partial charge in [-0.25, -0.2) is 0 Å². The van der Waals surface area contributed by atoms with Crippen molar-refractivity contribution in [1.29, 1.82) is 0 Å². The average Bonchev–Trinajstić information content (AvgIpc) is 2.74. The Bertz CT molecular complexity index is 810. The van der Waals surface area contributed by atoms with Gasteiger partial charge in [0.15, 0.2) is 0 Å². The third kappa shape index (κ3) is 13.2. The Hall–Kier alpha value is -1.52. The van der Waals surface area contributed by atoms with E-state index in [4.69, 9.17) is 18.5 Å². The van der Waals surface area contributed by atoms with Crippen LogP contribution in [0.25, 0.3) is 0 Å². The molecule has 218 valence electrons. The molecule has 0 fully saturated rings. The summed E-state index contributed by atoms with van der Waals surface area (Å²) in [4.78, 5) is 49.7. The van der Waals surface area contributed by atoms with E-state index in [1.807, 2.05) is 28.1 Å². The number of unbranched alkanes of at least 4 members (excludes halogenated alkanes) is 1. The summed E-state index contributed by atoms with van der Waals surface area (Å²) >= 11 is 0. The number of phosphoric ester groups is 1. The van der Waals surface area contributed by atoms with Gasteiger partial charge in [0.1, 0.15) is 19.8 Å². The van der Waals surface area contributed by atoms with Gasteiger partial charge in [-0.2, -0.15) is 0 Å². The predicted octanol–water partition coefficient (Wildman–Crippen LogP) is 2.06. The molecule has 0 radical (unpaired) electrons. The summed E-state index contributed by atoms with van der Waals surface area (Å²) in [5, 5.41) is 11.7. The summed E-state index contributed by atoms with van der Waals surface area (Å²) in [5.74, 6) is -2.57. The van der Waals surface area contributed by atoms with Crippen LogP contribution in [0.3, 0.4) is 0 Å². The molecule has 0 aromatic rings. The van der Waals surface area contributed by atoms with Gasteiger partial charge in [0.2, 0.25) is 0 Å².